The molecule has 0 unspecified atom stereocenters. The summed E-state index contributed by atoms with van der Waals surface area (Å²) >= 11 is 0. The van der Waals surface area contributed by atoms with Gasteiger partial charge in [-0.25, -0.2) is 13.5 Å². The molecule has 1 saturated heterocycles. The highest BCUT2D eigenvalue weighted by Crippen LogP contribution is 2.29. The molecule has 4 aromatic rings. The van der Waals surface area contributed by atoms with Gasteiger partial charge in [0.2, 0.25) is 6.41 Å². The van der Waals surface area contributed by atoms with Crippen molar-refractivity contribution in [1.82, 2.24) is 24.9 Å². The molecule has 0 aliphatic carbocycles. The van der Waals surface area contributed by atoms with Gasteiger partial charge in [0.25, 0.3) is 0 Å². The Morgan fingerprint density at radius 3 is 1.95 bits per heavy atom. The molecule has 202 valence electrons. The second kappa shape index (κ2) is 17.9. The molecule has 2 aromatic heterocycles. The van der Waals surface area contributed by atoms with E-state index in [1.807, 2.05) is 61.5 Å². The number of primary amides is 1. The molecule has 4 N–H and O–H groups in total. The van der Waals surface area contributed by atoms with Crippen LogP contribution < -0.4 is 16.4 Å². The van der Waals surface area contributed by atoms with E-state index in [0.717, 1.165) is 40.5 Å². The van der Waals surface area contributed by atoms with Gasteiger partial charge in [0.1, 0.15) is 11.5 Å². The van der Waals surface area contributed by atoms with E-state index in [2.05, 4.69) is 41.2 Å². The Balaban J connectivity index is 0.000000328. The first-order valence-electron chi connectivity index (χ1n) is 11.8. The Labute approximate surface area is 222 Å². The molecule has 1 fully saturated rings. The number of carbonyl (C=O) groups excluding carboxylic acids is 1. The summed E-state index contributed by atoms with van der Waals surface area (Å²) in [5, 5.41) is 15.4. The molecule has 38 heavy (non-hydrogen) atoms. The fraction of sp³-hybridized carbons (Fsp3) is 0.250. The minimum Gasteiger partial charge on any atom is -0.373 e. The van der Waals surface area contributed by atoms with Crippen molar-refractivity contribution in [2.24, 2.45) is 12.8 Å². The third-order valence-corrected chi connectivity index (χ3v) is 5.12. The van der Waals surface area contributed by atoms with Crippen LogP contribution >= 0.6 is 0 Å². The second-order valence-electron chi connectivity index (χ2n) is 7.73. The second-order valence-corrected chi connectivity index (χ2v) is 7.73. The Bertz CT molecular complexity index is 1200. The largest absolute Gasteiger partial charge is 0.373 e. The number of anilines is 1. The number of halogens is 2. The first-order valence-corrected chi connectivity index (χ1v) is 11.8. The number of rotatable bonds is 3. The van der Waals surface area contributed by atoms with E-state index in [1.165, 1.54) is 38.1 Å². The maximum atomic E-state index is 11.9. The van der Waals surface area contributed by atoms with E-state index >= 15 is 0 Å². The number of aryl methyl sites for hydroxylation is 1. The van der Waals surface area contributed by atoms with Crippen molar-refractivity contribution in [1.29, 1.82) is 0 Å². The van der Waals surface area contributed by atoms with Crippen LogP contribution in [0.1, 0.15) is 18.4 Å². The molecule has 0 saturated carbocycles. The van der Waals surface area contributed by atoms with Gasteiger partial charge < -0.3 is 16.4 Å². The van der Waals surface area contributed by atoms with Crippen LogP contribution in [-0.2, 0) is 11.8 Å². The number of hydrogen-bond donors (Lipinski definition) is 3. The molecule has 0 bridgehead atoms. The Hall–Kier alpha value is -4.49. The Morgan fingerprint density at radius 2 is 1.55 bits per heavy atom. The molecular formula is C28H35F2N7O. The van der Waals surface area contributed by atoms with Crippen LogP contribution in [0.3, 0.4) is 0 Å². The number of terminal acetylenes is 1. The van der Waals surface area contributed by atoms with Crippen molar-refractivity contribution >= 4 is 12.2 Å². The lowest BCUT2D eigenvalue weighted by Gasteiger charge is -2.06. The number of benzene rings is 2. The fourth-order valence-electron chi connectivity index (χ4n) is 3.43. The zero-order valence-corrected chi connectivity index (χ0v) is 21.9. The lowest BCUT2D eigenvalue weighted by Crippen LogP contribution is -2.03. The van der Waals surface area contributed by atoms with Crippen LogP contribution in [0.25, 0.3) is 16.9 Å². The lowest BCUT2D eigenvalue weighted by atomic mass is 10.1. The minimum absolute atomic E-state index is 0.250. The normalized spacial score (nSPS) is 11.1. The van der Waals surface area contributed by atoms with Gasteiger partial charge in [-0.15, -0.1) is 12.8 Å². The third-order valence-electron chi connectivity index (χ3n) is 5.12. The summed E-state index contributed by atoms with van der Waals surface area (Å²) in [4.78, 5) is 8.58. The molecule has 1 amide bonds. The molecule has 0 radical (unpaired) electrons. The van der Waals surface area contributed by atoms with E-state index in [4.69, 9.17) is 9.89 Å². The first kappa shape index (κ1) is 31.5. The zero-order chi connectivity index (χ0) is 28.3. The summed E-state index contributed by atoms with van der Waals surface area (Å²) in [6.45, 7) is 4.57. The van der Waals surface area contributed by atoms with Gasteiger partial charge in [0, 0.05) is 31.4 Å². The van der Waals surface area contributed by atoms with Gasteiger partial charge in [-0.2, -0.15) is 10.2 Å². The van der Waals surface area contributed by atoms with E-state index in [0.29, 0.717) is 0 Å². The number of hydrogen-bond acceptors (Lipinski definition) is 5. The van der Waals surface area contributed by atoms with E-state index < -0.39 is 11.6 Å². The Morgan fingerprint density at radius 1 is 1.03 bits per heavy atom. The van der Waals surface area contributed by atoms with Gasteiger partial charge in [0.15, 0.2) is 11.6 Å². The van der Waals surface area contributed by atoms with Gasteiger partial charge in [0.05, 0.1) is 11.9 Å². The molecule has 3 heterocycles. The molecule has 0 spiro atoms. The van der Waals surface area contributed by atoms with Crippen molar-refractivity contribution in [2.75, 3.05) is 25.5 Å². The molecule has 5 rings (SSSR count). The molecule has 0 atom stereocenters. The highest BCUT2D eigenvalue weighted by Gasteiger charge is 2.16. The van der Waals surface area contributed by atoms with Gasteiger partial charge >= 0.3 is 0 Å². The van der Waals surface area contributed by atoms with Crippen molar-refractivity contribution in [2.45, 2.75) is 19.8 Å². The van der Waals surface area contributed by atoms with E-state index in [-0.39, 0.29) is 6.41 Å². The highest BCUT2D eigenvalue weighted by atomic mass is 19.2. The maximum Gasteiger partial charge on any atom is 0.204 e. The Kier molecular flexibility index (Phi) is 14.8. The summed E-state index contributed by atoms with van der Waals surface area (Å²) < 4.78 is 27.6. The zero-order valence-electron chi connectivity index (χ0n) is 21.9. The molecule has 1 aliphatic heterocycles. The quantitative estimate of drug-likeness (QED) is 0.274. The average molecular weight is 524 g/mol. The van der Waals surface area contributed by atoms with Crippen molar-refractivity contribution in [3.63, 3.8) is 0 Å². The molecular weight excluding hydrogens is 488 g/mol. The minimum atomic E-state index is -0.799. The van der Waals surface area contributed by atoms with E-state index in [1.54, 1.807) is 4.68 Å². The molecule has 8 nitrogen and oxygen atoms in total. The van der Waals surface area contributed by atoms with Crippen molar-refractivity contribution < 1.29 is 13.6 Å². The number of nitrogens with two attached hydrogens (primary N) is 1. The predicted octanol–water partition coefficient (Wildman–Crippen LogP) is 4.31. The van der Waals surface area contributed by atoms with Gasteiger partial charge in [-0.1, -0.05) is 30.3 Å². The number of nitrogens with zero attached hydrogens (tertiary/aromatic N) is 4. The van der Waals surface area contributed by atoms with Crippen LogP contribution in [0, 0.1) is 31.4 Å². The summed E-state index contributed by atoms with van der Waals surface area (Å²) in [6, 6.07) is 15.1. The smallest absolute Gasteiger partial charge is 0.204 e. The lowest BCUT2D eigenvalue weighted by molar-refractivity contribution is -0.106. The van der Waals surface area contributed by atoms with Crippen molar-refractivity contribution in [3.8, 4) is 29.8 Å². The van der Waals surface area contributed by atoms with Crippen LogP contribution in [0.4, 0.5) is 14.6 Å². The summed E-state index contributed by atoms with van der Waals surface area (Å²) in [6.07, 6.45) is 14.8. The summed E-state index contributed by atoms with van der Waals surface area (Å²) in [5.74, 6) is -0.602. The topological polar surface area (TPSA) is 103 Å². The number of nitrogens with one attached hydrogen (secondary N) is 2. The standard InChI is InChI=1S/C15H17N5.C6H4F2.C4H9N.C2H2.CH3NO/c1-11-14(12-9-17-19(3)10-12)18-20(15(11)16-2)13-7-5-4-6-8-13;7-5-3-1-2-4-6(5)8;1-2-4-5-3-1;1-2;2-1-3/h4-10,16H,1-3H3;1-4H;5H,1-4H2;1-2H;1H,(H2,2,3). The fourth-order valence-corrected chi connectivity index (χ4v) is 3.43. The summed E-state index contributed by atoms with van der Waals surface area (Å²) in [7, 11) is 3.82. The maximum absolute atomic E-state index is 11.9. The number of para-hydroxylation sites is 1. The van der Waals surface area contributed by atoms with Crippen LogP contribution in [0.5, 0.6) is 0 Å². The molecule has 1 aliphatic rings. The predicted molar refractivity (Wildman–Crippen MR) is 149 cm³/mol. The van der Waals surface area contributed by atoms with Crippen LogP contribution in [-0.4, -0.2) is 46.1 Å². The van der Waals surface area contributed by atoms with Gasteiger partial charge in [-0.3, -0.25) is 9.48 Å². The van der Waals surface area contributed by atoms with E-state index in [9.17, 15) is 8.78 Å². The van der Waals surface area contributed by atoms with Crippen LogP contribution in [0.15, 0.2) is 67.0 Å². The van der Waals surface area contributed by atoms with Gasteiger partial charge in [-0.05, 0) is 57.1 Å². The summed E-state index contributed by atoms with van der Waals surface area (Å²) in [5.41, 5.74) is 8.29. The van der Waals surface area contributed by atoms with Crippen molar-refractivity contribution in [3.05, 3.63) is 84.2 Å². The number of aromatic nitrogens is 4. The SMILES string of the molecule is C#C.C1CCNC1.CNc1c(C)c(-c2cnn(C)c2)nn1-c1ccccc1.Fc1ccccc1F.NC=O. The third kappa shape index (κ3) is 9.87. The monoisotopic (exact) mass is 523 g/mol. The number of carbonyl (C=O) groups is 1. The average Bonchev–Trinajstić information content (AvgIpc) is 3.71. The highest BCUT2D eigenvalue weighted by molar-refractivity contribution is 5.69. The number of amides is 1. The molecule has 2 aromatic carbocycles. The first-order chi connectivity index (χ1) is 18.4. The molecule has 10 heteroatoms. The van der Waals surface area contributed by atoms with Crippen LogP contribution in [0.2, 0.25) is 0 Å².